The lowest BCUT2D eigenvalue weighted by atomic mass is 10.1. The van der Waals surface area contributed by atoms with Crippen molar-refractivity contribution in [3.8, 4) is 0 Å². The van der Waals surface area contributed by atoms with Gasteiger partial charge in [-0.15, -0.1) is 0 Å². The Morgan fingerprint density at radius 1 is 0.733 bits per heavy atom. The Morgan fingerprint density at radius 3 is 1.93 bits per heavy atom. The van der Waals surface area contributed by atoms with Gasteiger partial charge in [0, 0.05) is 37.3 Å². The number of hydrogen-bond donors (Lipinski definition) is 1. The second-order valence-corrected chi connectivity index (χ2v) is 7.33. The Balaban J connectivity index is 0.000000158. The zero-order valence-electron chi connectivity index (χ0n) is 16.8. The third-order valence-corrected chi connectivity index (χ3v) is 5.31. The number of benzene rings is 4. The third-order valence-electron chi connectivity index (χ3n) is 5.31. The minimum Gasteiger partial charge on any atom is -0.336 e. The number of carbonyl (C=O) groups is 2. The highest BCUT2D eigenvalue weighted by Crippen LogP contribution is 2.17. The van der Waals surface area contributed by atoms with Crippen LogP contribution in [-0.4, -0.2) is 43.3 Å². The van der Waals surface area contributed by atoms with Crippen molar-refractivity contribution in [2.45, 2.75) is 0 Å². The van der Waals surface area contributed by atoms with E-state index in [1.165, 1.54) is 10.8 Å². The molecule has 1 heterocycles. The molecule has 30 heavy (non-hydrogen) atoms. The molecule has 4 aromatic rings. The van der Waals surface area contributed by atoms with Gasteiger partial charge in [0.2, 0.25) is 0 Å². The van der Waals surface area contributed by atoms with Gasteiger partial charge >= 0.3 is 0 Å². The Kier molecular flexibility index (Phi) is 6.16. The lowest BCUT2D eigenvalue weighted by Gasteiger charge is -2.27. The maximum Gasteiger partial charge on any atom is 0.253 e. The van der Waals surface area contributed by atoms with Crippen molar-refractivity contribution in [3.63, 3.8) is 0 Å². The number of piperazine rings is 1. The van der Waals surface area contributed by atoms with Gasteiger partial charge in [-0.25, -0.2) is 0 Å². The van der Waals surface area contributed by atoms with Gasteiger partial charge in [-0.05, 0) is 39.7 Å². The van der Waals surface area contributed by atoms with Crippen molar-refractivity contribution in [2.75, 3.05) is 26.2 Å². The van der Waals surface area contributed by atoms with E-state index >= 15 is 0 Å². The lowest BCUT2D eigenvalue weighted by Crippen LogP contribution is -2.46. The average Bonchev–Trinajstić information content (AvgIpc) is 2.84. The predicted molar refractivity (Wildman–Crippen MR) is 122 cm³/mol. The monoisotopic (exact) mass is 396 g/mol. The fourth-order valence-corrected chi connectivity index (χ4v) is 3.65. The van der Waals surface area contributed by atoms with Gasteiger partial charge in [0.1, 0.15) is 6.29 Å². The van der Waals surface area contributed by atoms with Crippen LogP contribution in [0.4, 0.5) is 0 Å². The molecular weight excluding hydrogens is 372 g/mol. The van der Waals surface area contributed by atoms with E-state index in [9.17, 15) is 9.59 Å². The molecule has 0 atom stereocenters. The standard InChI is InChI=1S/C15H16N2O.C11H8O/c18-15(17-9-7-16-8-10-17)14-6-5-12-3-1-2-4-13(12)11-14;12-8-9-5-6-10-3-1-2-4-11(10)7-9/h1-6,11,16H,7-10H2;1-8H. The first-order chi connectivity index (χ1) is 14.7. The summed E-state index contributed by atoms with van der Waals surface area (Å²) in [7, 11) is 0. The Labute approximate surface area is 176 Å². The summed E-state index contributed by atoms with van der Waals surface area (Å²) in [6.45, 7) is 3.37. The maximum atomic E-state index is 12.3. The van der Waals surface area contributed by atoms with Gasteiger partial charge in [0.15, 0.2) is 0 Å². The number of rotatable bonds is 2. The molecule has 1 aliphatic heterocycles. The van der Waals surface area contributed by atoms with Gasteiger partial charge in [-0.3, -0.25) is 9.59 Å². The van der Waals surface area contributed by atoms with Crippen LogP contribution in [0.5, 0.6) is 0 Å². The van der Waals surface area contributed by atoms with E-state index in [1.54, 1.807) is 0 Å². The summed E-state index contributed by atoms with van der Waals surface area (Å²) in [6.07, 6.45) is 0.867. The predicted octanol–water partition coefficient (Wildman–Crippen LogP) is 4.54. The molecule has 1 saturated heterocycles. The van der Waals surface area contributed by atoms with Gasteiger partial charge in [0.25, 0.3) is 5.91 Å². The van der Waals surface area contributed by atoms with Crippen molar-refractivity contribution >= 4 is 33.7 Å². The molecule has 0 aromatic heterocycles. The molecule has 1 fully saturated rings. The van der Waals surface area contributed by atoms with Gasteiger partial charge in [0.05, 0.1) is 0 Å². The molecule has 0 saturated carbocycles. The molecule has 1 aliphatic rings. The van der Waals surface area contributed by atoms with Gasteiger partial charge in [-0.1, -0.05) is 66.7 Å². The van der Waals surface area contributed by atoms with E-state index in [2.05, 4.69) is 11.4 Å². The SMILES string of the molecule is O=C(c1ccc2ccccc2c1)N1CCNCC1.O=Cc1ccc2ccccc2c1. The number of aldehydes is 1. The van der Waals surface area contributed by atoms with Crippen LogP contribution < -0.4 is 5.32 Å². The molecule has 4 aromatic carbocycles. The summed E-state index contributed by atoms with van der Waals surface area (Å²) in [5, 5.41) is 7.84. The first-order valence-electron chi connectivity index (χ1n) is 10.2. The fourth-order valence-electron chi connectivity index (χ4n) is 3.65. The van der Waals surface area contributed by atoms with Gasteiger partial charge in [-0.2, -0.15) is 0 Å². The molecule has 4 heteroatoms. The first kappa shape index (κ1) is 19.8. The molecule has 1 amide bonds. The van der Waals surface area contributed by atoms with Crippen molar-refractivity contribution in [1.29, 1.82) is 0 Å². The van der Waals surface area contributed by atoms with Crippen LogP contribution in [0.25, 0.3) is 21.5 Å². The topological polar surface area (TPSA) is 49.4 Å². The highest BCUT2D eigenvalue weighted by molar-refractivity contribution is 5.98. The van der Waals surface area contributed by atoms with E-state index in [4.69, 9.17) is 0 Å². The third kappa shape index (κ3) is 4.56. The van der Waals surface area contributed by atoms with E-state index in [1.807, 2.05) is 83.8 Å². The summed E-state index contributed by atoms with van der Waals surface area (Å²) in [4.78, 5) is 24.7. The largest absolute Gasteiger partial charge is 0.336 e. The van der Waals surface area contributed by atoms with E-state index in [0.29, 0.717) is 0 Å². The molecule has 5 rings (SSSR count). The minimum absolute atomic E-state index is 0.141. The molecule has 1 N–H and O–H groups in total. The maximum absolute atomic E-state index is 12.3. The van der Waals surface area contributed by atoms with Gasteiger partial charge < -0.3 is 10.2 Å². The van der Waals surface area contributed by atoms with Crippen LogP contribution in [0, 0.1) is 0 Å². The molecule has 0 aliphatic carbocycles. The van der Waals surface area contributed by atoms with E-state index < -0.39 is 0 Å². The molecule has 4 nitrogen and oxygen atoms in total. The van der Waals surface area contributed by atoms with Crippen molar-refractivity contribution in [3.05, 3.63) is 96.1 Å². The second kappa shape index (κ2) is 9.33. The van der Waals surface area contributed by atoms with Crippen LogP contribution in [0.15, 0.2) is 84.9 Å². The Morgan fingerprint density at radius 2 is 1.30 bits per heavy atom. The average molecular weight is 396 g/mol. The van der Waals surface area contributed by atoms with Crippen molar-refractivity contribution < 1.29 is 9.59 Å². The minimum atomic E-state index is 0.141. The molecule has 0 spiro atoms. The highest BCUT2D eigenvalue weighted by atomic mass is 16.2. The molecule has 0 radical (unpaired) electrons. The van der Waals surface area contributed by atoms with E-state index in [-0.39, 0.29) is 5.91 Å². The molecule has 0 bridgehead atoms. The number of fused-ring (bicyclic) bond motifs is 2. The van der Waals surface area contributed by atoms with Crippen LogP contribution in [0.2, 0.25) is 0 Å². The lowest BCUT2D eigenvalue weighted by molar-refractivity contribution is 0.0736. The highest BCUT2D eigenvalue weighted by Gasteiger charge is 2.17. The van der Waals surface area contributed by atoms with Crippen LogP contribution in [-0.2, 0) is 0 Å². The summed E-state index contributed by atoms with van der Waals surface area (Å²) in [5.41, 5.74) is 1.52. The Bertz CT molecular complexity index is 1180. The van der Waals surface area contributed by atoms with Crippen LogP contribution >= 0.6 is 0 Å². The number of nitrogens with zero attached hydrogens (tertiary/aromatic N) is 1. The normalized spacial score (nSPS) is 13.5. The summed E-state index contributed by atoms with van der Waals surface area (Å²) >= 11 is 0. The summed E-state index contributed by atoms with van der Waals surface area (Å²) < 4.78 is 0. The summed E-state index contributed by atoms with van der Waals surface area (Å²) in [5.74, 6) is 0.141. The number of hydrogen-bond acceptors (Lipinski definition) is 3. The van der Waals surface area contributed by atoms with Crippen LogP contribution in [0.3, 0.4) is 0 Å². The molecule has 0 unspecified atom stereocenters. The zero-order chi connectivity index (χ0) is 20.8. The molecule has 150 valence electrons. The molecular formula is C26H24N2O2. The van der Waals surface area contributed by atoms with Crippen molar-refractivity contribution in [1.82, 2.24) is 10.2 Å². The quantitative estimate of drug-likeness (QED) is 0.506. The smallest absolute Gasteiger partial charge is 0.253 e. The number of carbonyl (C=O) groups excluding carboxylic acids is 2. The number of nitrogens with one attached hydrogen (secondary N) is 1. The fraction of sp³-hybridized carbons (Fsp3) is 0.154. The van der Waals surface area contributed by atoms with Crippen molar-refractivity contribution in [2.24, 2.45) is 0 Å². The number of amides is 1. The second-order valence-electron chi connectivity index (χ2n) is 7.33. The van der Waals surface area contributed by atoms with Crippen LogP contribution in [0.1, 0.15) is 20.7 Å². The summed E-state index contributed by atoms with van der Waals surface area (Å²) in [6, 6.07) is 27.7. The Hall–Kier alpha value is -3.50. The van der Waals surface area contributed by atoms with E-state index in [0.717, 1.165) is 54.4 Å². The first-order valence-corrected chi connectivity index (χ1v) is 10.2. The zero-order valence-corrected chi connectivity index (χ0v) is 16.8.